The second-order valence-electron chi connectivity index (χ2n) is 17.2. The number of likely N-dealkylation sites (tertiary alicyclic amines) is 1. The quantitative estimate of drug-likeness (QED) is 0.109. The van der Waals surface area contributed by atoms with Crippen LogP contribution in [0, 0.1) is 12.7 Å². The van der Waals surface area contributed by atoms with Crippen molar-refractivity contribution in [2.45, 2.75) is 76.8 Å². The van der Waals surface area contributed by atoms with Gasteiger partial charge in [0.15, 0.2) is 5.65 Å². The number of fused-ring (bicyclic) bond motifs is 2. The molecule has 2 N–H and O–H groups in total. The van der Waals surface area contributed by atoms with Gasteiger partial charge in [-0.1, -0.05) is 55.0 Å². The maximum atomic E-state index is 14.9. The zero-order valence-electron chi connectivity index (χ0n) is 35.0. The molecule has 0 spiro atoms. The molecule has 12 nitrogen and oxygen atoms in total. The standard InChI is InChI=1S/C48H55FN8O4/c1-32-45(35-11-5-2-6-12-35)46-50-41(30-44(57(46)52-32)55-23-21-54(22-24-55)25-26-58)36-13-8-10-33(27-36)9-4-3-7-18-53-19-16-34(17-20-53)38-28-37(49)29-39-40(38)31-56(48(39)61)42-14-15-43(59)51-47(42)60/h2,5-6,8,10-13,27-30,34,42,58H,3-4,7,9,14-26,31H2,1H3,(H,51,59,60). The van der Waals surface area contributed by atoms with Crippen LogP contribution in [0.4, 0.5) is 10.2 Å². The number of nitrogens with zero attached hydrogens (tertiary/aromatic N) is 7. The molecule has 13 heteroatoms. The molecule has 3 amide bonds. The lowest BCUT2D eigenvalue weighted by molar-refractivity contribution is -0.136. The molecule has 6 heterocycles. The van der Waals surface area contributed by atoms with E-state index in [1.54, 1.807) is 6.07 Å². The Morgan fingerprint density at radius 3 is 2.36 bits per heavy atom. The van der Waals surface area contributed by atoms with Gasteiger partial charge in [0.2, 0.25) is 11.8 Å². The van der Waals surface area contributed by atoms with E-state index >= 15 is 0 Å². The summed E-state index contributed by atoms with van der Waals surface area (Å²) in [7, 11) is 0. The number of carbonyl (C=O) groups excluding carboxylic acids is 3. The first-order chi connectivity index (χ1) is 29.7. The summed E-state index contributed by atoms with van der Waals surface area (Å²) < 4.78 is 16.9. The molecule has 4 aliphatic heterocycles. The van der Waals surface area contributed by atoms with Crippen LogP contribution in [-0.2, 0) is 22.6 Å². The number of hydrogen-bond acceptors (Lipinski definition) is 9. The van der Waals surface area contributed by atoms with E-state index in [0.29, 0.717) is 12.1 Å². The molecule has 0 saturated carbocycles. The molecule has 1 atom stereocenters. The van der Waals surface area contributed by atoms with Crippen LogP contribution < -0.4 is 10.2 Å². The zero-order chi connectivity index (χ0) is 42.0. The topological polar surface area (TPSA) is 127 Å². The van der Waals surface area contributed by atoms with E-state index in [9.17, 15) is 23.9 Å². The Bertz CT molecular complexity index is 2420. The summed E-state index contributed by atoms with van der Waals surface area (Å²) >= 11 is 0. The number of carbonyl (C=O) groups is 3. The summed E-state index contributed by atoms with van der Waals surface area (Å²) in [6.45, 7) is 9.51. The monoisotopic (exact) mass is 826 g/mol. The second kappa shape index (κ2) is 17.8. The SMILES string of the molecule is Cc1nn2c(N3CCN(CCO)CC3)cc(-c3cccc(CCCCCN4CCC(c5cc(F)cc6c5CN(C5CCC(=O)NC5=O)C6=O)CC4)c3)nc2c1-c1ccccc1. The number of aliphatic hydroxyl groups excluding tert-OH is 1. The van der Waals surface area contributed by atoms with E-state index in [1.165, 1.54) is 16.5 Å². The Balaban J connectivity index is 0.815. The van der Waals surface area contributed by atoms with Crippen LogP contribution in [0.15, 0.2) is 72.8 Å². The summed E-state index contributed by atoms with van der Waals surface area (Å²) in [6.07, 6.45) is 6.55. The second-order valence-corrected chi connectivity index (χ2v) is 17.2. The van der Waals surface area contributed by atoms with E-state index in [-0.39, 0.29) is 43.7 Å². The fourth-order valence-electron chi connectivity index (χ4n) is 9.98. The number of rotatable bonds is 13. The summed E-state index contributed by atoms with van der Waals surface area (Å²) in [5.74, 6) is -0.336. The first-order valence-corrected chi connectivity index (χ1v) is 22.1. The van der Waals surface area contributed by atoms with Gasteiger partial charge in [0.05, 0.1) is 18.0 Å². The van der Waals surface area contributed by atoms with Gasteiger partial charge in [-0.3, -0.25) is 24.6 Å². The van der Waals surface area contributed by atoms with Gasteiger partial charge in [0, 0.05) is 68.4 Å². The average molecular weight is 827 g/mol. The highest BCUT2D eigenvalue weighted by molar-refractivity contribution is 6.05. The van der Waals surface area contributed by atoms with Gasteiger partial charge >= 0.3 is 0 Å². The molecule has 9 rings (SSSR count). The third-order valence-corrected chi connectivity index (χ3v) is 13.3. The van der Waals surface area contributed by atoms with Crippen LogP contribution in [0.5, 0.6) is 0 Å². The van der Waals surface area contributed by atoms with Gasteiger partial charge < -0.3 is 19.8 Å². The molecule has 61 heavy (non-hydrogen) atoms. The number of benzene rings is 3. The van der Waals surface area contributed by atoms with Crippen LogP contribution in [0.25, 0.3) is 28.0 Å². The summed E-state index contributed by atoms with van der Waals surface area (Å²) in [6, 6.07) is 23.6. The number of unbranched alkanes of at least 4 members (excludes halogenated alkanes) is 2. The lowest BCUT2D eigenvalue weighted by Gasteiger charge is -2.35. The smallest absolute Gasteiger partial charge is 0.255 e. The first-order valence-electron chi connectivity index (χ1n) is 22.1. The van der Waals surface area contributed by atoms with Crippen LogP contribution in [0.2, 0.25) is 0 Å². The zero-order valence-corrected chi connectivity index (χ0v) is 35.0. The molecule has 3 fully saturated rings. The molecule has 2 aromatic heterocycles. The van der Waals surface area contributed by atoms with Crippen molar-refractivity contribution in [3.8, 4) is 22.4 Å². The molecule has 3 aromatic carbocycles. The molecule has 0 aliphatic carbocycles. The minimum atomic E-state index is -0.712. The fraction of sp³-hybridized carbons (Fsp3) is 0.438. The Morgan fingerprint density at radius 1 is 0.820 bits per heavy atom. The number of aliphatic hydroxyl groups is 1. The van der Waals surface area contributed by atoms with Gasteiger partial charge in [0.1, 0.15) is 17.7 Å². The van der Waals surface area contributed by atoms with Gasteiger partial charge in [-0.25, -0.2) is 9.37 Å². The predicted molar refractivity (Wildman–Crippen MR) is 233 cm³/mol. The first kappa shape index (κ1) is 40.9. The van der Waals surface area contributed by atoms with Crippen molar-refractivity contribution in [2.75, 3.05) is 63.9 Å². The van der Waals surface area contributed by atoms with E-state index in [2.05, 4.69) is 81.5 Å². The van der Waals surface area contributed by atoms with E-state index in [0.717, 1.165) is 135 Å². The predicted octanol–water partition coefficient (Wildman–Crippen LogP) is 5.98. The summed E-state index contributed by atoms with van der Waals surface area (Å²) in [5.41, 5.74) is 9.35. The summed E-state index contributed by atoms with van der Waals surface area (Å²) in [5, 5.41) is 16.9. The number of nitrogens with one attached hydrogen (secondary N) is 1. The molecule has 0 radical (unpaired) electrons. The normalized spacial score (nSPS) is 19.3. The number of imide groups is 1. The molecule has 0 bridgehead atoms. The lowest BCUT2D eigenvalue weighted by atomic mass is 9.85. The number of anilines is 1. The molecular weight excluding hydrogens is 772 g/mol. The maximum absolute atomic E-state index is 14.9. The number of aromatic nitrogens is 3. The minimum Gasteiger partial charge on any atom is -0.395 e. The third kappa shape index (κ3) is 8.56. The number of halogens is 1. The maximum Gasteiger partial charge on any atom is 0.255 e. The van der Waals surface area contributed by atoms with Crippen LogP contribution in [0.1, 0.15) is 83.6 Å². The molecular formula is C48H55FN8O4. The highest BCUT2D eigenvalue weighted by atomic mass is 19.1. The van der Waals surface area contributed by atoms with Crippen molar-refractivity contribution >= 4 is 29.2 Å². The van der Waals surface area contributed by atoms with E-state index in [4.69, 9.17) is 10.1 Å². The van der Waals surface area contributed by atoms with Crippen molar-refractivity contribution in [2.24, 2.45) is 0 Å². The number of amides is 3. The third-order valence-electron chi connectivity index (χ3n) is 13.3. The summed E-state index contributed by atoms with van der Waals surface area (Å²) in [4.78, 5) is 51.7. The largest absolute Gasteiger partial charge is 0.395 e. The fourth-order valence-corrected chi connectivity index (χ4v) is 9.98. The Labute approximate surface area is 356 Å². The Morgan fingerprint density at radius 2 is 1.59 bits per heavy atom. The highest BCUT2D eigenvalue weighted by Crippen LogP contribution is 2.38. The number of hydrogen-bond donors (Lipinski definition) is 2. The minimum absolute atomic E-state index is 0.152. The molecule has 318 valence electrons. The molecule has 1 unspecified atom stereocenters. The van der Waals surface area contributed by atoms with Crippen molar-refractivity contribution < 1.29 is 23.9 Å². The van der Waals surface area contributed by atoms with Gasteiger partial charge in [0.25, 0.3) is 5.91 Å². The van der Waals surface area contributed by atoms with Crippen LogP contribution >= 0.6 is 0 Å². The van der Waals surface area contributed by atoms with Gasteiger partial charge in [-0.2, -0.15) is 9.61 Å². The van der Waals surface area contributed by atoms with E-state index < -0.39 is 17.8 Å². The van der Waals surface area contributed by atoms with Gasteiger partial charge in [-0.15, -0.1) is 0 Å². The number of aryl methyl sites for hydroxylation is 2. The van der Waals surface area contributed by atoms with Crippen molar-refractivity contribution in [1.29, 1.82) is 0 Å². The lowest BCUT2D eigenvalue weighted by Crippen LogP contribution is -2.52. The Kier molecular flexibility index (Phi) is 12.0. The van der Waals surface area contributed by atoms with Crippen LogP contribution in [-0.4, -0.2) is 117 Å². The average Bonchev–Trinajstić information content (AvgIpc) is 3.79. The molecule has 4 aliphatic rings. The Hall–Kier alpha value is -5.50. The van der Waals surface area contributed by atoms with Crippen molar-refractivity contribution in [3.63, 3.8) is 0 Å². The van der Waals surface area contributed by atoms with Crippen LogP contribution in [0.3, 0.4) is 0 Å². The van der Waals surface area contributed by atoms with Crippen molar-refractivity contribution in [3.05, 3.63) is 107 Å². The van der Waals surface area contributed by atoms with E-state index in [1.807, 2.05) is 10.6 Å². The van der Waals surface area contributed by atoms with Gasteiger partial charge in [-0.05, 0) is 111 Å². The molecule has 5 aromatic rings. The number of β-amino-alcohol motifs (C(OH)–C–C–N with tert-alkyl or cyclic N) is 1. The number of piperazine rings is 1. The number of piperidine rings is 2. The molecule has 3 saturated heterocycles. The van der Waals surface area contributed by atoms with Crippen molar-refractivity contribution in [1.82, 2.24) is 34.6 Å². The highest BCUT2D eigenvalue weighted by Gasteiger charge is 2.41.